The largest absolute Gasteiger partial charge is 0.248 e. The first-order valence-electron chi connectivity index (χ1n) is 4.74. The second-order valence-corrected chi connectivity index (χ2v) is 5.14. The zero-order valence-electron chi connectivity index (χ0n) is 8.34. The van der Waals surface area contributed by atoms with E-state index in [0.717, 1.165) is 5.15 Å². The van der Waals surface area contributed by atoms with Gasteiger partial charge in [0.2, 0.25) is 0 Å². The van der Waals surface area contributed by atoms with E-state index in [9.17, 15) is 0 Å². The standard InChI is InChI=1S/C10H15ClN2/c1-10(2,3)13-9(11)6-8(12-13)7-4-5-7/h6-7H,4-5H2,1-3H3. The fourth-order valence-electron chi connectivity index (χ4n) is 1.42. The Hall–Kier alpha value is -0.500. The van der Waals surface area contributed by atoms with Crippen molar-refractivity contribution in [2.45, 2.75) is 45.1 Å². The maximum Gasteiger partial charge on any atom is 0.127 e. The van der Waals surface area contributed by atoms with Gasteiger partial charge in [-0.1, -0.05) is 11.6 Å². The summed E-state index contributed by atoms with van der Waals surface area (Å²) in [6.45, 7) is 6.34. The molecule has 0 atom stereocenters. The third-order valence-corrected chi connectivity index (χ3v) is 2.59. The van der Waals surface area contributed by atoms with E-state index in [2.05, 4.69) is 25.9 Å². The second kappa shape index (κ2) is 2.74. The van der Waals surface area contributed by atoms with Gasteiger partial charge in [0.05, 0.1) is 11.2 Å². The van der Waals surface area contributed by atoms with Crippen LogP contribution < -0.4 is 0 Å². The first-order valence-corrected chi connectivity index (χ1v) is 5.12. The Balaban J connectivity index is 2.35. The predicted octanol–water partition coefficient (Wildman–Crippen LogP) is 3.17. The molecule has 1 heterocycles. The van der Waals surface area contributed by atoms with Gasteiger partial charge in [0, 0.05) is 5.92 Å². The molecule has 0 aliphatic heterocycles. The lowest BCUT2D eigenvalue weighted by Crippen LogP contribution is -2.23. The number of halogens is 1. The van der Waals surface area contributed by atoms with E-state index in [-0.39, 0.29) is 5.54 Å². The molecule has 0 bridgehead atoms. The third kappa shape index (κ3) is 1.73. The predicted molar refractivity (Wildman–Crippen MR) is 54.2 cm³/mol. The lowest BCUT2D eigenvalue weighted by molar-refractivity contribution is 0.354. The Morgan fingerprint density at radius 3 is 2.46 bits per heavy atom. The highest BCUT2D eigenvalue weighted by molar-refractivity contribution is 6.29. The third-order valence-electron chi connectivity index (χ3n) is 2.32. The molecule has 0 saturated heterocycles. The Morgan fingerprint density at radius 1 is 1.46 bits per heavy atom. The van der Waals surface area contributed by atoms with Crippen molar-refractivity contribution >= 4 is 11.6 Å². The summed E-state index contributed by atoms with van der Waals surface area (Å²) >= 11 is 6.10. The van der Waals surface area contributed by atoms with Crippen LogP contribution >= 0.6 is 11.6 Å². The molecule has 1 aromatic heterocycles. The molecule has 0 amide bonds. The van der Waals surface area contributed by atoms with Gasteiger partial charge in [-0.2, -0.15) is 5.10 Å². The SMILES string of the molecule is CC(C)(C)n1nc(C2CC2)cc1Cl. The molecular formula is C10H15ClN2. The lowest BCUT2D eigenvalue weighted by atomic mass is 10.1. The van der Waals surface area contributed by atoms with Crippen LogP contribution in [0.1, 0.15) is 45.2 Å². The molecule has 0 N–H and O–H groups in total. The Kier molecular flexibility index (Phi) is 1.91. The summed E-state index contributed by atoms with van der Waals surface area (Å²) in [5, 5.41) is 5.29. The van der Waals surface area contributed by atoms with Crippen molar-refractivity contribution in [1.29, 1.82) is 0 Å². The molecule has 3 heteroatoms. The van der Waals surface area contributed by atoms with Crippen molar-refractivity contribution in [1.82, 2.24) is 9.78 Å². The second-order valence-electron chi connectivity index (χ2n) is 4.75. The smallest absolute Gasteiger partial charge is 0.127 e. The molecule has 1 aliphatic carbocycles. The minimum absolute atomic E-state index is 0.00970. The van der Waals surface area contributed by atoms with Crippen molar-refractivity contribution in [2.24, 2.45) is 0 Å². The van der Waals surface area contributed by atoms with Gasteiger partial charge >= 0.3 is 0 Å². The number of hydrogen-bond donors (Lipinski definition) is 0. The van der Waals surface area contributed by atoms with Gasteiger partial charge in [-0.25, -0.2) is 4.68 Å². The minimum atomic E-state index is -0.00970. The maximum absolute atomic E-state index is 6.10. The molecule has 2 rings (SSSR count). The number of aromatic nitrogens is 2. The summed E-state index contributed by atoms with van der Waals surface area (Å²) in [7, 11) is 0. The highest BCUT2D eigenvalue weighted by atomic mass is 35.5. The van der Waals surface area contributed by atoms with Gasteiger partial charge in [0.15, 0.2) is 0 Å². The number of rotatable bonds is 1. The van der Waals surface area contributed by atoms with Crippen molar-refractivity contribution in [3.05, 3.63) is 16.9 Å². The van der Waals surface area contributed by atoms with Crippen LogP contribution in [0.15, 0.2) is 6.07 Å². The first kappa shape index (κ1) is 9.07. The zero-order valence-corrected chi connectivity index (χ0v) is 9.10. The van der Waals surface area contributed by atoms with Gasteiger partial charge < -0.3 is 0 Å². The fourth-order valence-corrected chi connectivity index (χ4v) is 1.83. The van der Waals surface area contributed by atoms with E-state index in [0.29, 0.717) is 5.92 Å². The maximum atomic E-state index is 6.10. The van der Waals surface area contributed by atoms with Crippen LogP contribution in [-0.4, -0.2) is 9.78 Å². The number of hydrogen-bond acceptors (Lipinski definition) is 1. The molecule has 0 spiro atoms. The Bertz CT molecular complexity index is 318. The van der Waals surface area contributed by atoms with Crippen molar-refractivity contribution < 1.29 is 0 Å². The van der Waals surface area contributed by atoms with Gasteiger partial charge in [0.25, 0.3) is 0 Å². The van der Waals surface area contributed by atoms with Crippen molar-refractivity contribution in [3.8, 4) is 0 Å². The minimum Gasteiger partial charge on any atom is -0.248 e. The highest BCUT2D eigenvalue weighted by Gasteiger charge is 2.28. The lowest BCUT2D eigenvalue weighted by Gasteiger charge is -2.20. The Labute approximate surface area is 83.9 Å². The van der Waals surface area contributed by atoms with Crippen LogP contribution in [0.5, 0.6) is 0 Å². The van der Waals surface area contributed by atoms with E-state index >= 15 is 0 Å². The molecule has 2 nitrogen and oxygen atoms in total. The molecule has 1 aromatic rings. The highest BCUT2D eigenvalue weighted by Crippen LogP contribution is 2.40. The first-order chi connectivity index (χ1) is 5.98. The van der Waals surface area contributed by atoms with E-state index < -0.39 is 0 Å². The molecule has 0 unspecified atom stereocenters. The van der Waals surface area contributed by atoms with E-state index in [1.54, 1.807) is 0 Å². The average Bonchev–Trinajstić information content (AvgIpc) is 2.73. The van der Waals surface area contributed by atoms with Crippen LogP contribution in [0.2, 0.25) is 5.15 Å². The molecular weight excluding hydrogens is 184 g/mol. The summed E-state index contributed by atoms with van der Waals surface area (Å²) in [6, 6.07) is 2.00. The monoisotopic (exact) mass is 198 g/mol. The van der Waals surface area contributed by atoms with E-state index in [1.165, 1.54) is 18.5 Å². The molecule has 1 fully saturated rings. The van der Waals surface area contributed by atoms with Gasteiger partial charge in [-0.05, 0) is 39.7 Å². The molecule has 0 aromatic carbocycles. The van der Waals surface area contributed by atoms with Crippen molar-refractivity contribution in [3.63, 3.8) is 0 Å². The quantitative estimate of drug-likeness (QED) is 0.678. The average molecular weight is 199 g/mol. The fraction of sp³-hybridized carbons (Fsp3) is 0.700. The molecule has 72 valence electrons. The number of nitrogens with zero attached hydrogens (tertiary/aromatic N) is 2. The van der Waals surface area contributed by atoms with Crippen LogP contribution in [0.25, 0.3) is 0 Å². The summed E-state index contributed by atoms with van der Waals surface area (Å²) < 4.78 is 1.90. The topological polar surface area (TPSA) is 17.8 Å². The van der Waals surface area contributed by atoms with Crippen LogP contribution in [0.3, 0.4) is 0 Å². The van der Waals surface area contributed by atoms with Gasteiger partial charge in [-0.3, -0.25) is 0 Å². The summed E-state index contributed by atoms with van der Waals surface area (Å²) in [6.07, 6.45) is 2.55. The van der Waals surface area contributed by atoms with Crippen LogP contribution in [-0.2, 0) is 5.54 Å². The summed E-state index contributed by atoms with van der Waals surface area (Å²) in [4.78, 5) is 0. The summed E-state index contributed by atoms with van der Waals surface area (Å²) in [5.41, 5.74) is 1.16. The summed E-state index contributed by atoms with van der Waals surface area (Å²) in [5.74, 6) is 0.682. The van der Waals surface area contributed by atoms with Gasteiger partial charge in [0.1, 0.15) is 5.15 Å². The normalized spacial score (nSPS) is 17.8. The van der Waals surface area contributed by atoms with Crippen molar-refractivity contribution in [2.75, 3.05) is 0 Å². The molecule has 1 saturated carbocycles. The van der Waals surface area contributed by atoms with Gasteiger partial charge in [-0.15, -0.1) is 0 Å². The molecule has 13 heavy (non-hydrogen) atoms. The molecule has 1 aliphatic rings. The zero-order chi connectivity index (χ0) is 9.64. The molecule has 0 radical (unpaired) electrons. The van der Waals surface area contributed by atoms with E-state index in [1.807, 2.05) is 10.7 Å². The Morgan fingerprint density at radius 2 is 2.08 bits per heavy atom. The van der Waals surface area contributed by atoms with E-state index in [4.69, 9.17) is 11.6 Å². The van der Waals surface area contributed by atoms with Crippen LogP contribution in [0.4, 0.5) is 0 Å². The van der Waals surface area contributed by atoms with Crippen LogP contribution in [0, 0.1) is 0 Å².